The molecule has 3 aromatic rings. The highest BCUT2D eigenvalue weighted by atomic mass is 19.4. The minimum Gasteiger partial charge on any atom is -0.457 e. The lowest BCUT2D eigenvalue weighted by Gasteiger charge is -2.11. The molecule has 0 aliphatic heterocycles. The number of rotatable bonds is 5. The van der Waals surface area contributed by atoms with Crippen molar-refractivity contribution in [2.45, 2.75) is 31.5 Å². The van der Waals surface area contributed by atoms with Crippen molar-refractivity contribution in [2.24, 2.45) is 13.0 Å². The summed E-state index contributed by atoms with van der Waals surface area (Å²) >= 11 is 0. The van der Waals surface area contributed by atoms with Crippen LogP contribution in [-0.2, 0) is 18.0 Å². The van der Waals surface area contributed by atoms with Crippen molar-refractivity contribution in [3.63, 3.8) is 0 Å². The zero-order chi connectivity index (χ0) is 22.3. The summed E-state index contributed by atoms with van der Waals surface area (Å²) in [4.78, 5) is 12.4. The smallest absolute Gasteiger partial charge is 0.416 e. The van der Waals surface area contributed by atoms with E-state index in [1.807, 2.05) is 12.3 Å². The molecule has 9 heteroatoms. The van der Waals surface area contributed by atoms with Gasteiger partial charge in [-0.2, -0.15) is 23.5 Å². The Morgan fingerprint density at radius 3 is 2.65 bits per heavy atom. The molecule has 6 nitrogen and oxygen atoms in total. The van der Waals surface area contributed by atoms with Gasteiger partial charge in [0, 0.05) is 24.5 Å². The van der Waals surface area contributed by atoms with E-state index >= 15 is 0 Å². The molecule has 1 aliphatic carbocycles. The predicted octanol–water partition coefficient (Wildman–Crippen LogP) is 4.52. The molecular weight excluding hydrogens is 409 g/mol. The van der Waals surface area contributed by atoms with E-state index < -0.39 is 17.8 Å². The molecule has 1 N–H and O–H groups in total. The van der Waals surface area contributed by atoms with Crippen LogP contribution in [0.25, 0.3) is 10.9 Å². The molecule has 31 heavy (non-hydrogen) atoms. The van der Waals surface area contributed by atoms with E-state index in [2.05, 4.69) is 10.4 Å². The van der Waals surface area contributed by atoms with E-state index in [4.69, 9.17) is 10.00 Å². The van der Waals surface area contributed by atoms with Crippen LogP contribution in [0, 0.1) is 17.2 Å². The molecule has 1 aromatic heterocycles. The standard InChI is InChI=1S/C22H19F3N4O2/c1-12(10-26)27-21(30)19-9-17(19)18-8-16(7-13-11-29(2)28-20(13)18)31-15-5-3-14(4-6-15)22(23,24)25/h3-8,11-12,17,19H,9H2,1-2H3,(H,27,30)/t12-,17+,19-/m1/s1. The Labute approximate surface area is 176 Å². The van der Waals surface area contributed by atoms with Gasteiger partial charge in [0.25, 0.3) is 0 Å². The molecule has 1 aliphatic rings. The van der Waals surface area contributed by atoms with Crippen molar-refractivity contribution < 1.29 is 22.7 Å². The molecule has 2 aromatic carbocycles. The highest BCUT2D eigenvalue weighted by Gasteiger charge is 2.45. The number of aromatic nitrogens is 2. The molecule has 0 saturated heterocycles. The van der Waals surface area contributed by atoms with Gasteiger partial charge >= 0.3 is 6.18 Å². The number of aryl methyl sites for hydroxylation is 1. The lowest BCUT2D eigenvalue weighted by atomic mass is 10.0. The molecule has 0 unspecified atom stereocenters. The first-order chi connectivity index (χ1) is 14.7. The number of halogens is 3. The Morgan fingerprint density at radius 1 is 1.29 bits per heavy atom. The van der Waals surface area contributed by atoms with E-state index in [-0.39, 0.29) is 23.5 Å². The van der Waals surface area contributed by atoms with Gasteiger partial charge in [-0.3, -0.25) is 9.48 Å². The fourth-order valence-electron chi connectivity index (χ4n) is 3.62. The summed E-state index contributed by atoms with van der Waals surface area (Å²) in [5, 5.41) is 16.9. The van der Waals surface area contributed by atoms with Crippen LogP contribution in [-0.4, -0.2) is 21.7 Å². The van der Waals surface area contributed by atoms with Gasteiger partial charge in [-0.05, 0) is 61.2 Å². The number of benzene rings is 2. The van der Waals surface area contributed by atoms with Crippen LogP contribution < -0.4 is 10.1 Å². The molecule has 1 saturated carbocycles. The van der Waals surface area contributed by atoms with Crippen molar-refractivity contribution in [3.8, 4) is 17.6 Å². The number of ether oxygens (including phenoxy) is 1. The Morgan fingerprint density at radius 2 is 2.00 bits per heavy atom. The third-order valence-electron chi connectivity index (χ3n) is 5.22. The van der Waals surface area contributed by atoms with Crippen molar-refractivity contribution in [1.29, 1.82) is 5.26 Å². The maximum atomic E-state index is 12.8. The molecule has 3 atom stereocenters. The van der Waals surface area contributed by atoms with Crippen molar-refractivity contribution in [2.75, 3.05) is 0 Å². The van der Waals surface area contributed by atoms with Gasteiger partial charge in [0.15, 0.2) is 0 Å². The molecule has 160 valence electrons. The van der Waals surface area contributed by atoms with Gasteiger partial charge in [0.05, 0.1) is 17.1 Å². The fraction of sp³-hybridized carbons (Fsp3) is 0.318. The lowest BCUT2D eigenvalue weighted by Crippen LogP contribution is -2.32. The SMILES string of the molecule is C[C@H](C#N)NC(=O)[C@@H]1C[C@H]1c1cc(Oc2ccc(C(F)(F)F)cc2)cc2cn(C)nc12. The van der Waals surface area contributed by atoms with Crippen LogP contribution in [0.1, 0.15) is 30.4 Å². The number of nitrogens with zero attached hydrogens (tertiary/aromatic N) is 3. The first-order valence-corrected chi connectivity index (χ1v) is 9.68. The average molecular weight is 428 g/mol. The molecule has 1 heterocycles. The minimum absolute atomic E-state index is 0.0700. The van der Waals surface area contributed by atoms with E-state index in [1.165, 1.54) is 12.1 Å². The first kappa shape index (κ1) is 20.7. The summed E-state index contributed by atoms with van der Waals surface area (Å²) in [5.74, 6) is 0.209. The summed E-state index contributed by atoms with van der Waals surface area (Å²) in [5.41, 5.74) is 0.836. The second kappa shape index (κ2) is 7.61. The number of alkyl halides is 3. The Balaban J connectivity index is 1.60. The van der Waals surface area contributed by atoms with Gasteiger partial charge in [0.1, 0.15) is 17.5 Å². The van der Waals surface area contributed by atoms with Crippen LogP contribution in [0.3, 0.4) is 0 Å². The molecule has 0 bridgehead atoms. The van der Waals surface area contributed by atoms with E-state index in [9.17, 15) is 18.0 Å². The highest BCUT2D eigenvalue weighted by Crippen LogP contribution is 2.50. The maximum absolute atomic E-state index is 12.8. The van der Waals surface area contributed by atoms with Crippen LogP contribution in [0.5, 0.6) is 11.5 Å². The fourth-order valence-corrected chi connectivity index (χ4v) is 3.62. The van der Waals surface area contributed by atoms with Crippen molar-refractivity contribution >= 4 is 16.8 Å². The highest BCUT2D eigenvalue weighted by molar-refractivity contribution is 5.88. The number of carbonyl (C=O) groups is 1. The summed E-state index contributed by atoms with van der Waals surface area (Å²) in [7, 11) is 1.78. The number of amides is 1. The molecule has 1 amide bonds. The number of fused-ring (bicyclic) bond motifs is 1. The molecule has 0 radical (unpaired) electrons. The van der Waals surface area contributed by atoms with E-state index in [1.54, 1.807) is 30.8 Å². The zero-order valence-electron chi connectivity index (χ0n) is 16.8. The number of hydrogen-bond donors (Lipinski definition) is 1. The van der Waals surface area contributed by atoms with Crippen LogP contribution in [0.15, 0.2) is 42.6 Å². The van der Waals surface area contributed by atoms with E-state index in [0.29, 0.717) is 12.2 Å². The number of carbonyl (C=O) groups excluding carboxylic acids is 1. The Hall–Kier alpha value is -3.54. The van der Waals surface area contributed by atoms with Gasteiger partial charge in [-0.25, -0.2) is 0 Å². The maximum Gasteiger partial charge on any atom is 0.416 e. The van der Waals surface area contributed by atoms with Gasteiger partial charge in [-0.15, -0.1) is 0 Å². The predicted molar refractivity (Wildman–Crippen MR) is 106 cm³/mol. The summed E-state index contributed by atoms with van der Waals surface area (Å²) in [6, 6.07) is 9.42. The number of nitriles is 1. The number of hydrogen-bond acceptors (Lipinski definition) is 4. The summed E-state index contributed by atoms with van der Waals surface area (Å²) in [6.07, 6.45) is -1.97. The van der Waals surface area contributed by atoms with Crippen LogP contribution in [0.2, 0.25) is 0 Å². The van der Waals surface area contributed by atoms with Crippen LogP contribution >= 0.6 is 0 Å². The van der Waals surface area contributed by atoms with Crippen LogP contribution in [0.4, 0.5) is 13.2 Å². The normalized spacial score (nSPS) is 19.0. The Kier molecular flexibility index (Phi) is 5.09. The molecule has 0 spiro atoms. The first-order valence-electron chi connectivity index (χ1n) is 9.68. The topological polar surface area (TPSA) is 79.9 Å². The monoisotopic (exact) mass is 428 g/mol. The molecule has 1 fully saturated rings. The largest absolute Gasteiger partial charge is 0.457 e. The molecule has 4 rings (SSSR count). The average Bonchev–Trinajstić information content (AvgIpc) is 3.41. The van der Waals surface area contributed by atoms with Gasteiger partial charge < -0.3 is 10.1 Å². The Bertz CT molecular complexity index is 1180. The summed E-state index contributed by atoms with van der Waals surface area (Å²) < 4.78 is 45.8. The minimum atomic E-state index is -4.41. The second-order valence-corrected chi connectivity index (χ2v) is 7.69. The van der Waals surface area contributed by atoms with Gasteiger partial charge in [0.2, 0.25) is 5.91 Å². The lowest BCUT2D eigenvalue weighted by molar-refractivity contribution is -0.137. The van der Waals surface area contributed by atoms with Gasteiger partial charge in [-0.1, -0.05) is 0 Å². The van der Waals surface area contributed by atoms with E-state index in [0.717, 1.165) is 28.6 Å². The number of nitrogens with one attached hydrogen (secondary N) is 1. The zero-order valence-corrected chi connectivity index (χ0v) is 16.8. The summed E-state index contributed by atoms with van der Waals surface area (Å²) in [6.45, 7) is 1.62. The third-order valence-corrected chi connectivity index (χ3v) is 5.22. The molecular formula is C22H19F3N4O2. The van der Waals surface area contributed by atoms with Crippen molar-refractivity contribution in [1.82, 2.24) is 15.1 Å². The third kappa shape index (κ3) is 4.33. The quantitative estimate of drug-likeness (QED) is 0.648. The second-order valence-electron chi connectivity index (χ2n) is 7.69. The van der Waals surface area contributed by atoms with Crippen molar-refractivity contribution in [3.05, 3.63) is 53.7 Å².